The van der Waals surface area contributed by atoms with Gasteiger partial charge in [0.1, 0.15) is 0 Å². The second-order valence-electron chi connectivity index (χ2n) is 3.00. The summed E-state index contributed by atoms with van der Waals surface area (Å²) < 4.78 is 4.83. The Morgan fingerprint density at radius 1 is 1.53 bits per heavy atom. The van der Waals surface area contributed by atoms with E-state index in [1.54, 1.807) is 13.8 Å². The molecule has 0 saturated carbocycles. The van der Waals surface area contributed by atoms with Crippen molar-refractivity contribution in [3.05, 3.63) is 23.0 Å². The quantitative estimate of drug-likeness (QED) is 0.488. The van der Waals surface area contributed by atoms with E-state index in [-0.39, 0.29) is 11.7 Å². The maximum absolute atomic E-state index is 11.4. The number of rotatable bonds is 4. The first-order valence-electron chi connectivity index (χ1n) is 4.56. The van der Waals surface area contributed by atoms with Crippen LogP contribution in [0.25, 0.3) is 0 Å². The fraction of sp³-hybridized carbons (Fsp3) is 0.400. The summed E-state index contributed by atoms with van der Waals surface area (Å²) in [6.45, 7) is 3.74. The van der Waals surface area contributed by atoms with Crippen LogP contribution in [0.3, 0.4) is 0 Å². The number of aromatic nitrogens is 1. The van der Waals surface area contributed by atoms with Crippen molar-refractivity contribution < 1.29 is 14.3 Å². The zero-order valence-corrected chi connectivity index (χ0v) is 9.35. The van der Waals surface area contributed by atoms with Crippen LogP contribution in [0.4, 0.5) is 0 Å². The highest BCUT2D eigenvalue weighted by atomic mass is 35.5. The van der Waals surface area contributed by atoms with Crippen LogP contribution in [0.5, 0.6) is 0 Å². The van der Waals surface area contributed by atoms with Crippen molar-refractivity contribution in [3.8, 4) is 0 Å². The minimum absolute atomic E-state index is 0.109. The van der Waals surface area contributed by atoms with Gasteiger partial charge in [-0.1, -0.05) is 0 Å². The molecule has 1 rings (SSSR count). The number of hydrogen-bond donors (Lipinski definition) is 1. The van der Waals surface area contributed by atoms with Gasteiger partial charge >= 0.3 is 5.97 Å². The Morgan fingerprint density at radius 3 is 2.73 bits per heavy atom. The fourth-order valence-corrected chi connectivity index (χ4v) is 1.35. The van der Waals surface area contributed by atoms with E-state index in [4.69, 9.17) is 16.3 Å². The van der Waals surface area contributed by atoms with E-state index in [1.165, 1.54) is 6.07 Å². The summed E-state index contributed by atoms with van der Waals surface area (Å²) >= 11 is 5.40. The molecule has 4 nitrogen and oxygen atoms in total. The summed E-state index contributed by atoms with van der Waals surface area (Å²) in [6.07, 6.45) is 0. The Kier molecular flexibility index (Phi) is 3.91. The number of alkyl halides is 1. The maximum atomic E-state index is 11.4. The molecule has 0 saturated heterocycles. The monoisotopic (exact) mass is 229 g/mol. The minimum atomic E-state index is -0.431. The lowest BCUT2D eigenvalue weighted by Crippen LogP contribution is -2.04. The third kappa shape index (κ3) is 2.59. The zero-order chi connectivity index (χ0) is 11.4. The van der Waals surface area contributed by atoms with Crippen LogP contribution in [0, 0.1) is 6.92 Å². The highest BCUT2D eigenvalue weighted by molar-refractivity contribution is 6.30. The summed E-state index contributed by atoms with van der Waals surface area (Å²) in [5.74, 6) is -0.780. The molecule has 1 heterocycles. The molecular weight excluding hydrogens is 218 g/mol. The molecule has 1 aromatic heterocycles. The van der Waals surface area contributed by atoms with Gasteiger partial charge in [0.25, 0.3) is 0 Å². The van der Waals surface area contributed by atoms with Gasteiger partial charge in [-0.3, -0.25) is 4.79 Å². The summed E-state index contributed by atoms with van der Waals surface area (Å²) in [4.78, 5) is 25.4. The van der Waals surface area contributed by atoms with Gasteiger partial charge in [0, 0.05) is 5.69 Å². The number of ketones is 1. The highest BCUT2D eigenvalue weighted by Gasteiger charge is 2.16. The molecule has 0 aliphatic carbocycles. The molecule has 0 bridgehead atoms. The number of carbonyl (C=O) groups is 2. The molecule has 15 heavy (non-hydrogen) atoms. The van der Waals surface area contributed by atoms with Crippen molar-refractivity contribution in [1.82, 2.24) is 4.98 Å². The number of halogens is 1. The molecule has 0 spiro atoms. The Bertz CT molecular complexity index is 384. The topological polar surface area (TPSA) is 59.2 Å². The van der Waals surface area contributed by atoms with E-state index < -0.39 is 5.97 Å². The summed E-state index contributed by atoms with van der Waals surface area (Å²) in [6, 6.07) is 1.47. The summed E-state index contributed by atoms with van der Waals surface area (Å²) in [5.41, 5.74) is 1.33. The Morgan fingerprint density at radius 2 is 2.20 bits per heavy atom. The first-order chi connectivity index (χ1) is 7.10. The van der Waals surface area contributed by atoms with Gasteiger partial charge in [0.05, 0.1) is 23.7 Å². The number of aryl methyl sites for hydroxylation is 1. The van der Waals surface area contributed by atoms with Gasteiger partial charge in [0.2, 0.25) is 0 Å². The van der Waals surface area contributed by atoms with E-state index in [0.29, 0.717) is 23.6 Å². The van der Waals surface area contributed by atoms with Crippen molar-refractivity contribution in [2.24, 2.45) is 0 Å². The maximum Gasteiger partial charge on any atom is 0.339 e. The molecule has 1 aromatic rings. The van der Waals surface area contributed by atoms with Crippen molar-refractivity contribution in [3.63, 3.8) is 0 Å². The van der Waals surface area contributed by atoms with Crippen LogP contribution in [-0.2, 0) is 4.74 Å². The third-order valence-corrected chi connectivity index (χ3v) is 2.17. The smallest absolute Gasteiger partial charge is 0.339 e. The minimum Gasteiger partial charge on any atom is -0.462 e. The fourth-order valence-electron chi connectivity index (χ4n) is 1.20. The molecule has 0 aromatic carbocycles. The number of carbonyl (C=O) groups excluding carboxylic acids is 2. The number of aromatic amines is 1. The van der Waals surface area contributed by atoms with Crippen molar-refractivity contribution >= 4 is 23.4 Å². The lowest BCUT2D eigenvalue weighted by atomic mass is 10.2. The largest absolute Gasteiger partial charge is 0.462 e. The zero-order valence-electron chi connectivity index (χ0n) is 8.59. The lowest BCUT2D eigenvalue weighted by Gasteiger charge is -1.98. The number of H-pyrrole nitrogens is 1. The number of nitrogens with one attached hydrogen (secondary N) is 1. The predicted octanol–water partition coefficient (Wildman–Crippen LogP) is 1.92. The number of Topliss-reactive ketones (excluding diaryl/α,β-unsaturated/α-hetero) is 1. The number of ether oxygens (including phenoxy) is 1. The number of hydrogen-bond acceptors (Lipinski definition) is 3. The van der Waals surface area contributed by atoms with E-state index in [0.717, 1.165) is 0 Å². The van der Waals surface area contributed by atoms with Crippen LogP contribution >= 0.6 is 11.6 Å². The Hall–Kier alpha value is -1.29. The molecule has 82 valence electrons. The summed E-state index contributed by atoms with van der Waals surface area (Å²) in [7, 11) is 0. The van der Waals surface area contributed by atoms with Gasteiger partial charge in [-0.05, 0) is 19.9 Å². The van der Waals surface area contributed by atoms with E-state index in [1.807, 2.05) is 0 Å². The first-order valence-corrected chi connectivity index (χ1v) is 5.09. The average Bonchev–Trinajstić information content (AvgIpc) is 2.59. The van der Waals surface area contributed by atoms with Gasteiger partial charge < -0.3 is 9.72 Å². The molecule has 0 aliphatic heterocycles. The molecular formula is C10H12ClNO3. The molecule has 0 radical (unpaired) electrons. The van der Waals surface area contributed by atoms with Crippen LogP contribution in [-0.4, -0.2) is 29.2 Å². The second-order valence-corrected chi connectivity index (χ2v) is 3.27. The third-order valence-electron chi connectivity index (χ3n) is 1.93. The van der Waals surface area contributed by atoms with Crippen molar-refractivity contribution in [2.45, 2.75) is 13.8 Å². The Balaban J connectivity index is 2.96. The molecule has 0 amide bonds. The van der Waals surface area contributed by atoms with Crippen molar-refractivity contribution in [1.29, 1.82) is 0 Å². The van der Waals surface area contributed by atoms with E-state index in [2.05, 4.69) is 4.98 Å². The molecule has 0 fully saturated rings. The van der Waals surface area contributed by atoms with Gasteiger partial charge in [0.15, 0.2) is 5.78 Å². The van der Waals surface area contributed by atoms with Crippen LogP contribution in [0.1, 0.15) is 33.5 Å². The molecule has 0 aliphatic rings. The SMILES string of the molecule is CCOC(=O)c1cc(C(=O)CCl)[nH]c1C. The van der Waals surface area contributed by atoms with E-state index >= 15 is 0 Å². The lowest BCUT2D eigenvalue weighted by molar-refractivity contribution is 0.0525. The Labute approximate surface area is 92.6 Å². The van der Waals surface area contributed by atoms with Gasteiger partial charge in [-0.15, -0.1) is 11.6 Å². The van der Waals surface area contributed by atoms with E-state index in [9.17, 15) is 9.59 Å². The normalized spacial score (nSPS) is 10.1. The highest BCUT2D eigenvalue weighted by Crippen LogP contribution is 2.12. The molecule has 1 N–H and O–H groups in total. The predicted molar refractivity (Wildman–Crippen MR) is 56.5 cm³/mol. The number of esters is 1. The first kappa shape index (κ1) is 11.8. The average molecular weight is 230 g/mol. The van der Waals surface area contributed by atoms with Crippen molar-refractivity contribution in [2.75, 3.05) is 12.5 Å². The summed E-state index contributed by atoms with van der Waals surface area (Å²) in [5, 5.41) is 0. The standard InChI is InChI=1S/C10H12ClNO3/c1-3-15-10(14)7-4-8(9(13)5-11)12-6(7)2/h4,12H,3,5H2,1-2H3. The molecule has 0 unspecified atom stereocenters. The van der Waals surface area contributed by atoms with Crippen LogP contribution in [0.2, 0.25) is 0 Å². The van der Waals surface area contributed by atoms with Gasteiger partial charge in [-0.25, -0.2) is 4.79 Å². The second kappa shape index (κ2) is 4.98. The van der Waals surface area contributed by atoms with Crippen LogP contribution in [0.15, 0.2) is 6.07 Å². The molecule has 5 heteroatoms. The van der Waals surface area contributed by atoms with Gasteiger partial charge in [-0.2, -0.15) is 0 Å². The van der Waals surface area contributed by atoms with Crippen LogP contribution < -0.4 is 0 Å². The molecule has 0 atom stereocenters.